The predicted octanol–water partition coefficient (Wildman–Crippen LogP) is -0.146. The molecular formula is C11H11Na2O8S. The van der Waals surface area contributed by atoms with Gasteiger partial charge in [0.05, 0.1) is 0 Å². The van der Waals surface area contributed by atoms with Gasteiger partial charge in [0.25, 0.3) is 0 Å². The van der Waals surface area contributed by atoms with Gasteiger partial charge in [-0.2, -0.15) is 0 Å². The van der Waals surface area contributed by atoms with Crippen molar-refractivity contribution in [3.05, 3.63) is 29.3 Å². The Morgan fingerprint density at radius 2 is 1.59 bits per heavy atom. The van der Waals surface area contributed by atoms with Crippen LogP contribution in [0.25, 0.3) is 0 Å². The summed E-state index contributed by atoms with van der Waals surface area (Å²) >= 11 is 0.209. The van der Waals surface area contributed by atoms with Crippen LogP contribution in [0.2, 0.25) is 0 Å². The van der Waals surface area contributed by atoms with Crippen molar-refractivity contribution < 1.29 is 37.5 Å². The van der Waals surface area contributed by atoms with Crippen molar-refractivity contribution in [2.75, 3.05) is 6.61 Å². The first kappa shape index (κ1) is 21.9. The molecule has 1 aromatic carbocycles. The molecule has 111 valence electrons. The number of carboxylic acids is 2. The molecule has 0 aliphatic heterocycles. The number of carboxylic acid groups (broad SMARTS) is 2. The average molecular weight is 349 g/mol. The first-order valence-corrected chi connectivity index (χ1v) is 8.48. The molecular weight excluding hydrogens is 338 g/mol. The standard InChI is InChI=1S/C11H11O8S.2Na/c12-10(13)7-4-8(11(14)15)6-9(5-7)19-2-1-3-20(16,17)18;;/h3-6H,1-2H2,(H,12,13)(H,14,15)(H,16,17,18);;. The third kappa shape index (κ3) is 6.97. The molecule has 1 atom stereocenters. The normalized spacial score (nSPS) is 12.1. The number of carbonyl (C=O) groups is 2. The molecule has 1 rings (SSSR count). The quantitative estimate of drug-likeness (QED) is 0.456. The molecule has 0 aliphatic carbocycles. The van der Waals surface area contributed by atoms with Crippen molar-refractivity contribution in [3.63, 3.8) is 0 Å². The summed E-state index contributed by atoms with van der Waals surface area (Å²) in [4.78, 5) is 21.8. The van der Waals surface area contributed by atoms with E-state index in [1.54, 1.807) is 0 Å². The Hall–Kier alpha value is -0.130. The zero-order valence-electron chi connectivity index (χ0n) is 12.0. The van der Waals surface area contributed by atoms with Gasteiger partial charge in [0.15, 0.2) is 0 Å². The number of aromatic carboxylic acids is 2. The molecule has 3 N–H and O–H groups in total. The van der Waals surface area contributed by atoms with Gasteiger partial charge < -0.3 is 0 Å². The van der Waals surface area contributed by atoms with Crippen LogP contribution in [0, 0.1) is 0 Å². The Balaban J connectivity index is 0.00000441. The molecule has 0 saturated carbocycles. The van der Waals surface area contributed by atoms with Crippen LogP contribution in [0.1, 0.15) is 27.1 Å². The van der Waals surface area contributed by atoms with E-state index in [0.29, 0.717) is 0 Å². The minimum atomic E-state index is -4.11. The molecule has 0 spiro atoms. The molecule has 1 radical (unpaired) electrons. The smallest absolute Gasteiger partial charge is 0 e. The van der Waals surface area contributed by atoms with Crippen LogP contribution in [0.15, 0.2) is 18.2 Å². The summed E-state index contributed by atoms with van der Waals surface area (Å²) in [5.41, 5.74) is -0.496. The van der Waals surface area contributed by atoms with Crippen LogP contribution in [-0.2, 0) is 10.1 Å². The maximum atomic E-state index is 10.9. The summed E-state index contributed by atoms with van der Waals surface area (Å²) in [6, 6.07) is 3.28. The topological polar surface area (TPSA) is 138 Å². The zero-order chi connectivity index (χ0) is 16.2. The van der Waals surface area contributed by atoms with E-state index in [1.807, 2.05) is 0 Å². The molecule has 0 saturated heterocycles. The second kappa shape index (κ2) is 9.24. The number of ether oxygens (including phenoxy) is 1. The van der Waals surface area contributed by atoms with Crippen molar-refractivity contribution in [3.8, 4) is 5.75 Å². The fraction of sp³-hybridized carbons (Fsp3) is 0.273. The van der Waals surface area contributed by atoms with Gasteiger partial charge in [-0.25, -0.2) is 0 Å². The number of rotatable bonds is 7. The Morgan fingerprint density at radius 1 is 1.14 bits per heavy atom. The molecule has 0 heterocycles. The predicted molar refractivity (Wildman–Crippen MR) is 77.3 cm³/mol. The fourth-order valence-corrected chi connectivity index (χ4v) is 2.05. The number of hydrogen-bond donors (Lipinski definition) is 3. The third-order valence-electron chi connectivity index (χ3n) is 2.70. The number of benzene rings is 1. The minimum Gasteiger partial charge on any atom is 0 e. The molecule has 0 aromatic heterocycles. The zero-order valence-corrected chi connectivity index (χ0v) is 16.8. The summed E-state index contributed by atoms with van der Waals surface area (Å²) in [5, 5.41) is 17.8. The first-order chi connectivity index (χ1) is 9.61. The monoisotopic (exact) mass is 349 g/mol. The summed E-state index contributed by atoms with van der Waals surface area (Å²) < 4.78 is 34.8. The fourth-order valence-electron chi connectivity index (χ4n) is 1.42. The van der Waals surface area contributed by atoms with Crippen LogP contribution in [0.3, 0.4) is 0 Å². The molecule has 0 bridgehead atoms. The van der Waals surface area contributed by atoms with Gasteiger partial charge in [0.2, 0.25) is 0 Å². The van der Waals surface area contributed by atoms with Crippen molar-refractivity contribution in [2.24, 2.45) is 0 Å². The summed E-state index contributed by atoms with van der Waals surface area (Å²) in [6.45, 7) is -0.0872. The van der Waals surface area contributed by atoms with Gasteiger partial charge in [-0.15, -0.1) is 0 Å². The van der Waals surface area contributed by atoms with Crippen LogP contribution in [0.4, 0.5) is 0 Å². The van der Waals surface area contributed by atoms with Crippen LogP contribution < -0.4 is 4.74 Å². The van der Waals surface area contributed by atoms with Crippen molar-refractivity contribution in [1.29, 1.82) is 0 Å². The van der Waals surface area contributed by atoms with Gasteiger partial charge in [0.1, 0.15) is 0 Å². The van der Waals surface area contributed by atoms with Gasteiger partial charge in [-0.1, -0.05) is 0 Å². The van der Waals surface area contributed by atoms with E-state index < -0.39 is 24.6 Å². The van der Waals surface area contributed by atoms with E-state index in [0.717, 1.165) is 18.2 Å². The van der Waals surface area contributed by atoms with Gasteiger partial charge in [-0.05, 0) is 0 Å². The van der Waals surface area contributed by atoms with E-state index in [4.69, 9.17) is 19.5 Å². The second-order valence-electron chi connectivity index (χ2n) is 4.32. The first-order valence-electron chi connectivity index (χ1n) is 5.82. The van der Waals surface area contributed by atoms with E-state index in [-0.39, 0.29) is 87.4 Å². The summed E-state index contributed by atoms with van der Waals surface area (Å²) in [6.07, 6.45) is 0.0325. The largest absolute Gasteiger partial charge is 0 e. The van der Waals surface area contributed by atoms with Gasteiger partial charge in [-0.3, -0.25) is 0 Å². The van der Waals surface area contributed by atoms with Crippen LogP contribution >= 0.6 is 0 Å². The maximum absolute atomic E-state index is 10.9. The van der Waals surface area contributed by atoms with Crippen molar-refractivity contribution >= 4 is 79.5 Å². The molecule has 8 nitrogen and oxygen atoms in total. The Morgan fingerprint density at radius 3 is 1.95 bits per heavy atom. The summed E-state index contributed by atoms with van der Waals surface area (Å²) in [5.74, 6) is -2.60. The van der Waals surface area contributed by atoms with E-state index in [9.17, 15) is 18.0 Å². The van der Waals surface area contributed by atoms with Crippen LogP contribution in [0.5, 0.6) is 5.75 Å². The Labute approximate surface area is 166 Å². The molecule has 1 aromatic rings. The minimum absolute atomic E-state index is 0. The Kier molecular flexibility index (Phi) is 9.18. The van der Waals surface area contributed by atoms with Crippen LogP contribution in [-0.4, -0.2) is 102 Å². The van der Waals surface area contributed by atoms with E-state index in [1.165, 1.54) is 0 Å². The van der Waals surface area contributed by atoms with Gasteiger partial charge >= 0.3 is 138 Å². The SMILES string of the molecule is O=C(O)c1cc(OCC[CH]([Na])S(=O)(=O)O)cc(C(=O)O)c1.[Na]. The third-order valence-corrected chi connectivity index (χ3v) is 6.32. The molecule has 11 heteroatoms. The molecule has 0 aliphatic rings. The number of hydrogen-bond acceptors (Lipinski definition) is 5. The average Bonchev–Trinajstić information content (AvgIpc) is 2.36. The van der Waals surface area contributed by atoms with Crippen molar-refractivity contribution in [1.82, 2.24) is 0 Å². The van der Waals surface area contributed by atoms with Crippen molar-refractivity contribution in [2.45, 2.75) is 8.92 Å². The van der Waals surface area contributed by atoms with E-state index >= 15 is 0 Å². The molecule has 22 heavy (non-hydrogen) atoms. The molecule has 1 unspecified atom stereocenters. The molecule has 0 amide bonds. The van der Waals surface area contributed by atoms with E-state index in [2.05, 4.69) is 0 Å². The maximum Gasteiger partial charge on any atom is 0 e. The second-order valence-corrected chi connectivity index (χ2v) is 8.38. The Bertz CT molecular complexity index is 626. The van der Waals surface area contributed by atoms with Gasteiger partial charge in [0, 0.05) is 29.6 Å². The molecule has 0 fully saturated rings. The summed E-state index contributed by atoms with van der Waals surface area (Å²) in [7, 11) is -4.11.